The van der Waals surface area contributed by atoms with Crippen molar-refractivity contribution in [2.24, 2.45) is 0 Å². The Labute approximate surface area is 173 Å². The maximum atomic E-state index is 12.1. The fourth-order valence-electron chi connectivity index (χ4n) is 2.04. The predicted molar refractivity (Wildman–Crippen MR) is 106 cm³/mol. The van der Waals surface area contributed by atoms with Crippen LogP contribution in [0.2, 0.25) is 10.0 Å². The summed E-state index contributed by atoms with van der Waals surface area (Å²) in [6.07, 6.45) is 0. The van der Waals surface area contributed by atoms with Crippen LogP contribution < -0.4 is 10.0 Å². The van der Waals surface area contributed by atoms with Gasteiger partial charge in [0.15, 0.2) is 0 Å². The second kappa shape index (κ2) is 9.88. The molecule has 0 bridgehead atoms. The van der Waals surface area contributed by atoms with E-state index in [0.29, 0.717) is 15.6 Å². The Bertz CT molecular complexity index is 962. The number of benzene rings is 2. The lowest BCUT2D eigenvalue weighted by Gasteiger charge is -2.09. The second-order valence-corrected chi connectivity index (χ2v) is 8.42. The van der Waals surface area contributed by atoms with Gasteiger partial charge in [0.1, 0.15) is 13.2 Å². The van der Waals surface area contributed by atoms with Crippen molar-refractivity contribution in [2.45, 2.75) is 18.4 Å². The Morgan fingerprint density at radius 3 is 2.36 bits per heavy atom. The highest BCUT2D eigenvalue weighted by molar-refractivity contribution is 7.89. The number of hydrogen-bond acceptors (Lipinski definition) is 5. The van der Waals surface area contributed by atoms with Gasteiger partial charge in [-0.2, -0.15) is 0 Å². The number of carbonyl (C=O) groups is 2. The summed E-state index contributed by atoms with van der Waals surface area (Å²) >= 11 is 11.8. The smallest absolute Gasteiger partial charge is 0.325 e. The van der Waals surface area contributed by atoms with Crippen molar-refractivity contribution in [3.05, 3.63) is 63.6 Å². The first-order valence-corrected chi connectivity index (χ1v) is 10.3. The Balaban J connectivity index is 1.75. The molecule has 0 radical (unpaired) electrons. The van der Waals surface area contributed by atoms with Crippen molar-refractivity contribution in [1.29, 1.82) is 0 Å². The molecule has 0 aliphatic carbocycles. The molecule has 0 fully saturated rings. The molecular weight excluding hydrogens is 427 g/mol. The summed E-state index contributed by atoms with van der Waals surface area (Å²) in [5, 5.41) is 3.10. The molecule has 0 saturated heterocycles. The fourth-order valence-corrected chi connectivity index (χ4v) is 3.49. The van der Waals surface area contributed by atoms with Crippen LogP contribution in [-0.4, -0.2) is 33.4 Å². The van der Waals surface area contributed by atoms with Crippen LogP contribution in [-0.2, 0) is 31.0 Å². The summed E-state index contributed by atoms with van der Waals surface area (Å²) in [4.78, 5) is 23.5. The van der Waals surface area contributed by atoms with Gasteiger partial charge in [0.05, 0.1) is 11.4 Å². The molecule has 2 aromatic rings. The molecule has 10 heteroatoms. The van der Waals surface area contributed by atoms with Crippen LogP contribution in [0.5, 0.6) is 0 Å². The van der Waals surface area contributed by atoms with Gasteiger partial charge in [0.2, 0.25) is 15.9 Å². The highest BCUT2D eigenvalue weighted by Crippen LogP contribution is 2.21. The Hall–Kier alpha value is -2.13. The molecule has 2 N–H and O–H groups in total. The molecule has 28 heavy (non-hydrogen) atoms. The summed E-state index contributed by atoms with van der Waals surface area (Å²) in [5.74, 6) is -1.36. The number of amides is 1. The number of halogens is 2. The molecule has 0 atom stereocenters. The number of hydrogen-bond donors (Lipinski definition) is 2. The van der Waals surface area contributed by atoms with Gasteiger partial charge >= 0.3 is 5.97 Å². The first-order chi connectivity index (χ1) is 13.2. The number of sulfonamides is 1. The summed E-state index contributed by atoms with van der Waals surface area (Å²) in [5.41, 5.74) is 1.48. The third-order valence-corrected chi connectivity index (χ3v) is 5.59. The maximum Gasteiger partial charge on any atom is 0.325 e. The van der Waals surface area contributed by atoms with E-state index in [9.17, 15) is 18.0 Å². The van der Waals surface area contributed by atoms with Crippen LogP contribution in [0, 0.1) is 6.92 Å². The van der Waals surface area contributed by atoms with Crippen LogP contribution in [0.1, 0.15) is 11.1 Å². The normalized spacial score (nSPS) is 11.1. The van der Waals surface area contributed by atoms with Crippen molar-refractivity contribution in [3.63, 3.8) is 0 Å². The van der Waals surface area contributed by atoms with Gasteiger partial charge in [-0.05, 0) is 31.2 Å². The zero-order valence-corrected chi connectivity index (χ0v) is 17.2. The number of nitrogens with one attached hydrogen (secondary N) is 2. The van der Waals surface area contributed by atoms with Crippen molar-refractivity contribution in [1.82, 2.24) is 10.0 Å². The molecule has 0 aromatic heterocycles. The van der Waals surface area contributed by atoms with Crippen LogP contribution in [0.15, 0.2) is 47.4 Å². The van der Waals surface area contributed by atoms with Crippen LogP contribution in [0.3, 0.4) is 0 Å². The van der Waals surface area contributed by atoms with Crippen LogP contribution in [0.25, 0.3) is 0 Å². The first kappa shape index (κ1) is 22.2. The van der Waals surface area contributed by atoms with E-state index in [1.165, 1.54) is 18.2 Å². The molecule has 7 nitrogen and oxygen atoms in total. The van der Waals surface area contributed by atoms with Crippen LogP contribution in [0.4, 0.5) is 0 Å². The second-order valence-electron chi connectivity index (χ2n) is 5.81. The van der Waals surface area contributed by atoms with E-state index >= 15 is 0 Å². The molecule has 0 aliphatic rings. The number of carbonyl (C=O) groups excluding carboxylic acids is 2. The van der Waals surface area contributed by atoms with Crippen molar-refractivity contribution in [3.8, 4) is 0 Å². The summed E-state index contributed by atoms with van der Waals surface area (Å²) in [7, 11) is -3.82. The van der Waals surface area contributed by atoms with Gasteiger partial charge in [0.25, 0.3) is 0 Å². The highest BCUT2D eigenvalue weighted by Gasteiger charge is 2.16. The summed E-state index contributed by atoms with van der Waals surface area (Å²) in [6.45, 7) is 0.838. The lowest BCUT2D eigenvalue weighted by atomic mass is 10.2. The SMILES string of the molecule is Cc1ccc(S(=O)(=O)NCC(=O)NCC(=O)OCc2ccc(Cl)cc2Cl)cc1. The monoisotopic (exact) mass is 444 g/mol. The largest absolute Gasteiger partial charge is 0.459 e. The standard InChI is InChI=1S/C18H18Cl2N2O5S/c1-12-2-6-15(7-3-12)28(25,26)22-9-17(23)21-10-18(24)27-11-13-4-5-14(19)8-16(13)20/h2-8,22H,9-11H2,1H3,(H,21,23). The number of ether oxygens (including phenoxy) is 1. The third-order valence-electron chi connectivity index (χ3n) is 3.59. The summed E-state index contributed by atoms with van der Waals surface area (Å²) < 4.78 is 31.4. The maximum absolute atomic E-state index is 12.1. The van der Waals surface area contributed by atoms with Crippen molar-refractivity contribution in [2.75, 3.05) is 13.1 Å². The minimum Gasteiger partial charge on any atom is -0.459 e. The predicted octanol–water partition coefficient (Wildman–Crippen LogP) is 2.44. The average Bonchev–Trinajstić information content (AvgIpc) is 2.64. The van der Waals surface area contributed by atoms with E-state index in [4.69, 9.17) is 27.9 Å². The molecule has 1 amide bonds. The van der Waals surface area contributed by atoms with Crippen molar-refractivity contribution >= 4 is 45.1 Å². The zero-order chi connectivity index (χ0) is 20.7. The molecular formula is C18H18Cl2N2O5S. The van der Waals surface area contributed by atoms with Gasteiger partial charge in [0, 0.05) is 15.6 Å². The molecule has 0 unspecified atom stereocenters. The first-order valence-electron chi connectivity index (χ1n) is 8.10. The molecule has 150 valence electrons. The van der Waals surface area contributed by atoms with Gasteiger partial charge in [-0.1, -0.05) is 47.0 Å². The zero-order valence-electron chi connectivity index (χ0n) is 14.9. The van der Waals surface area contributed by atoms with Gasteiger partial charge < -0.3 is 10.1 Å². The topological polar surface area (TPSA) is 102 Å². The molecule has 0 saturated carbocycles. The molecule has 0 aliphatic heterocycles. The summed E-state index contributed by atoms with van der Waals surface area (Å²) in [6, 6.07) is 10.9. The van der Waals surface area contributed by atoms with Crippen molar-refractivity contribution < 1.29 is 22.7 Å². The molecule has 2 aromatic carbocycles. The molecule has 0 spiro atoms. The van der Waals surface area contributed by atoms with Crippen LogP contribution >= 0.6 is 23.2 Å². The minimum atomic E-state index is -3.82. The van der Waals surface area contributed by atoms with Gasteiger partial charge in [-0.25, -0.2) is 13.1 Å². The number of esters is 1. The lowest BCUT2D eigenvalue weighted by molar-refractivity contribution is -0.145. The Morgan fingerprint density at radius 1 is 1.04 bits per heavy atom. The Kier molecular flexibility index (Phi) is 7.82. The molecule has 0 heterocycles. The van der Waals surface area contributed by atoms with Gasteiger partial charge in [-0.3, -0.25) is 9.59 Å². The van der Waals surface area contributed by atoms with E-state index in [1.54, 1.807) is 24.3 Å². The number of rotatable bonds is 8. The van der Waals surface area contributed by atoms with E-state index < -0.39 is 35.0 Å². The molecule has 2 rings (SSSR count). The average molecular weight is 445 g/mol. The lowest BCUT2D eigenvalue weighted by Crippen LogP contribution is -2.39. The van der Waals surface area contributed by atoms with E-state index in [-0.39, 0.29) is 11.5 Å². The highest BCUT2D eigenvalue weighted by atomic mass is 35.5. The van der Waals surface area contributed by atoms with Gasteiger partial charge in [-0.15, -0.1) is 0 Å². The number of aryl methyl sites for hydroxylation is 1. The third kappa shape index (κ3) is 6.79. The minimum absolute atomic E-state index is 0.0464. The van der Waals surface area contributed by atoms with E-state index in [2.05, 4.69) is 10.0 Å². The quantitative estimate of drug-likeness (QED) is 0.608. The van der Waals surface area contributed by atoms with E-state index in [0.717, 1.165) is 5.56 Å². The fraction of sp³-hybridized carbons (Fsp3) is 0.222. The van der Waals surface area contributed by atoms with E-state index in [1.807, 2.05) is 6.92 Å². The Morgan fingerprint density at radius 2 is 1.71 bits per heavy atom.